The van der Waals surface area contributed by atoms with Crippen molar-refractivity contribution < 1.29 is 9.13 Å². The molecule has 0 saturated carbocycles. The van der Waals surface area contributed by atoms with Gasteiger partial charge in [0.2, 0.25) is 0 Å². The Morgan fingerprint density at radius 1 is 1.35 bits per heavy atom. The van der Waals surface area contributed by atoms with Gasteiger partial charge in [-0.05, 0) is 24.6 Å². The average molecular weight is 238 g/mol. The van der Waals surface area contributed by atoms with Gasteiger partial charge in [0.05, 0.1) is 7.11 Å². The molecule has 3 nitrogen and oxygen atoms in total. The summed E-state index contributed by atoms with van der Waals surface area (Å²) in [5.74, 6) is 0.449. The van der Waals surface area contributed by atoms with Crippen LogP contribution in [0.3, 0.4) is 0 Å². The molecule has 0 bridgehead atoms. The van der Waals surface area contributed by atoms with Gasteiger partial charge in [0.25, 0.3) is 0 Å². The number of halogens is 1. The number of nitrogens with zero attached hydrogens (tertiary/aromatic N) is 1. The van der Waals surface area contributed by atoms with Crippen molar-refractivity contribution in [3.8, 4) is 5.75 Å². The Bertz CT molecular complexity index is 389. The van der Waals surface area contributed by atoms with Gasteiger partial charge in [0, 0.05) is 38.3 Å². The lowest BCUT2D eigenvalue weighted by molar-refractivity contribution is 0.232. The fourth-order valence-electron chi connectivity index (χ4n) is 2.14. The molecule has 94 valence electrons. The number of ether oxygens (including phenoxy) is 1. The number of piperazine rings is 1. The van der Waals surface area contributed by atoms with E-state index in [-0.39, 0.29) is 5.82 Å². The van der Waals surface area contributed by atoms with E-state index in [9.17, 15) is 4.39 Å². The summed E-state index contributed by atoms with van der Waals surface area (Å²) < 4.78 is 18.9. The highest BCUT2D eigenvalue weighted by Gasteiger charge is 2.13. The second-order valence-electron chi connectivity index (χ2n) is 4.43. The lowest BCUT2D eigenvalue weighted by Crippen LogP contribution is -2.42. The van der Waals surface area contributed by atoms with Crippen molar-refractivity contribution in [1.82, 2.24) is 10.2 Å². The van der Waals surface area contributed by atoms with E-state index in [1.54, 1.807) is 20.1 Å². The van der Waals surface area contributed by atoms with Crippen molar-refractivity contribution in [3.63, 3.8) is 0 Å². The first kappa shape index (κ1) is 12.3. The minimum absolute atomic E-state index is 0.186. The Morgan fingerprint density at radius 3 is 2.71 bits per heavy atom. The molecule has 0 amide bonds. The largest absolute Gasteiger partial charge is 0.496 e. The first-order valence-corrected chi connectivity index (χ1v) is 5.97. The van der Waals surface area contributed by atoms with Crippen LogP contribution in [-0.2, 0) is 6.54 Å². The maximum Gasteiger partial charge on any atom is 0.130 e. The fraction of sp³-hybridized carbons (Fsp3) is 0.538. The summed E-state index contributed by atoms with van der Waals surface area (Å²) >= 11 is 0. The van der Waals surface area contributed by atoms with Crippen LogP contribution in [-0.4, -0.2) is 38.2 Å². The molecule has 0 aromatic heterocycles. The second kappa shape index (κ2) is 5.47. The van der Waals surface area contributed by atoms with Gasteiger partial charge in [0.1, 0.15) is 11.6 Å². The number of nitrogens with one attached hydrogen (secondary N) is 1. The Morgan fingerprint density at radius 2 is 2.06 bits per heavy atom. The third kappa shape index (κ3) is 2.96. The SMILES string of the molecule is COc1cc(CN2CCNCC2)cc(F)c1C. The van der Waals surface area contributed by atoms with Crippen molar-refractivity contribution >= 4 is 0 Å². The molecule has 1 aliphatic rings. The van der Waals surface area contributed by atoms with Crippen molar-refractivity contribution in [2.24, 2.45) is 0 Å². The molecule has 0 atom stereocenters. The highest BCUT2D eigenvalue weighted by molar-refractivity contribution is 5.37. The summed E-state index contributed by atoms with van der Waals surface area (Å²) in [7, 11) is 1.58. The summed E-state index contributed by atoms with van der Waals surface area (Å²) in [6, 6.07) is 3.54. The molecule has 1 saturated heterocycles. The van der Waals surface area contributed by atoms with Crippen molar-refractivity contribution in [3.05, 3.63) is 29.1 Å². The molecule has 17 heavy (non-hydrogen) atoms. The van der Waals surface area contributed by atoms with E-state index < -0.39 is 0 Å². The molecule has 1 fully saturated rings. The first-order valence-electron chi connectivity index (χ1n) is 5.97. The maximum absolute atomic E-state index is 13.7. The van der Waals surface area contributed by atoms with Gasteiger partial charge in [-0.2, -0.15) is 0 Å². The third-order valence-corrected chi connectivity index (χ3v) is 3.19. The lowest BCUT2D eigenvalue weighted by atomic mass is 10.1. The van der Waals surface area contributed by atoms with Crippen molar-refractivity contribution in [1.29, 1.82) is 0 Å². The molecular weight excluding hydrogens is 219 g/mol. The number of methoxy groups -OCH3 is 1. The van der Waals surface area contributed by atoms with E-state index in [2.05, 4.69) is 10.2 Å². The monoisotopic (exact) mass is 238 g/mol. The Kier molecular flexibility index (Phi) is 3.97. The first-order chi connectivity index (χ1) is 8.20. The highest BCUT2D eigenvalue weighted by Crippen LogP contribution is 2.23. The maximum atomic E-state index is 13.7. The highest BCUT2D eigenvalue weighted by atomic mass is 19.1. The second-order valence-corrected chi connectivity index (χ2v) is 4.43. The van der Waals surface area contributed by atoms with Crippen molar-refractivity contribution in [2.75, 3.05) is 33.3 Å². The van der Waals surface area contributed by atoms with E-state index >= 15 is 0 Å². The minimum atomic E-state index is -0.186. The number of hydrogen-bond donors (Lipinski definition) is 1. The Labute approximate surface area is 102 Å². The van der Waals surface area contributed by atoms with Crippen LogP contribution in [0.25, 0.3) is 0 Å². The van der Waals surface area contributed by atoms with Gasteiger partial charge < -0.3 is 10.1 Å². The van der Waals surface area contributed by atoms with Crippen LogP contribution >= 0.6 is 0 Å². The van der Waals surface area contributed by atoms with Gasteiger partial charge in [-0.1, -0.05) is 0 Å². The quantitative estimate of drug-likeness (QED) is 0.864. The molecule has 2 rings (SSSR count). The van der Waals surface area contributed by atoms with Gasteiger partial charge in [-0.25, -0.2) is 4.39 Å². The Hall–Kier alpha value is -1.13. The summed E-state index contributed by atoms with van der Waals surface area (Å²) in [5, 5.41) is 3.30. The number of hydrogen-bond acceptors (Lipinski definition) is 3. The molecule has 0 aliphatic carbocycles. The fourth-order valence-corrected chi connectivity index (χ4v) is 2.14. The topological polar surface area (TPSA) is 24.5 Å². The van der Waals surface area contributed by atoms with Gasteiger partial charge in [0.15, 0.2) is 0 Å². The van der Waals surface area contributed by atoms with Crippen LogP contribution in [0.2, 0.25) is 0 Å². The van der Waals surface area contributed by atoms with Crippen LogP contribution in [0.1, 0.15) is 11.1 Å². The minimum Gasteiger partial charge on any atom is -0.496 e. The zero-order chi connectivity index (χ0) is 12.3. The normalized spacial score (nSPS) is 17.1. The molecular formula is C13H19FN2O. The van der Waals surface area contributed by atoms with Crippen LogP contribution in [0.5, 0.6) is 5.75 Å². The van der Waals surface area contributed by atoms with Crippen molar-refractivity contribution in [2.45, 2.75) is 13.5 Å². The number of benzene rings is 1. The smallest absolute Gasteiger partial charge is 0.130 e. The summed E-state index contributed by atoms with van der Waals surface area (Å²) in [6.45, 7) is 6.56. The van der Waals surface area contributed by atoms with E-state index in [1.807, 2.05) is 6.07 Å². The molecule has 1 aliphatic heterocycles. The number of rotatable bonds is 3. The molecule has 0 unspecified atom stereocenters. The van der Waals surface area contributed by atoms with E-state index in [0.29, 0.717) is 11.3 Å². The van der Waals surface area contributed by atoms with E-state index in [0.717, 1.165) is 38.3 Å². The molecule has 1 aromatic carbocycles. The van der Waals surface area contributed by atoms with E-state index in [1.165, 1.54) is 0 Å². The average Bonchev–Trinajstić information content (AvgIpc) is 2.35. The zero-order valence-corrected chi connectivity index (χ0v) is 10.4. The van der Waals surface area contributed by atoms with Crippen LogP contribution < -0.4 is 10.1 Å². The third-order valence-electron chi connectivity index (χ3n) is 3.19. The molecule has 0 spiro atoms. The molecule has 0 radical (unpaired) electrons. The zero-order valence-electron chi connectivity index (χ0n) is 10.4. The predicted octanol–water partition coefficient (Wildman–Crippen LogP) is 1.55. The van der Waals surface area contributed by atoms with E-state index in [4.69, 9.17) is 4.74 Å². The van der Waals surface area contributed by atoms with Crippen LogP contribution in [0.15, 0.2) is 12.1 Å². The summed E-state index contributed by atoms with van der Waals surface area (Å²) in [6.07, 6.45) is 0. The molecule has 1 N–H and O–H groups in total. The standard InChI is InChI=1S/C13H19FN2O/c1-10-12(14)7-11(8-13(10)17-2)9-16-5-3-15-4-6-16/h7-8,15H,3-6,9H2,1-2H3. The summed E-state index contributed by atoms with van der Waals surface area (Å²) in [4.78, 5) is 2.32. The van der Waals surface area contributed by atoms with Gasteiger partial charge in [-0.3, -0.25) is 4.90 Å². The predicted molar refractivity (Wildman–Crippen MR) is 65.8 cm³/mol. The molecule has 4 heteroatoms. The summed E-state index contributed by atoms with van der Waals surface area (Å²) in [5.41, 5.74) is 1.56. The van der Waals surface area contributed by atoms with Gasteiger partial charge in [-0.15, -0.1) is 0 Å². The van der Waals surface area contributed by atoms with Crippen LogP contribution in [0, 0.1) is 12.7 Å². The van der Waals surface area contributed by atoms with Gasteiger partial charge >= 0.3 is 0 Å². The molecule has 1 heterocycles. The molecule has 1 aromatic rings. The van der Waals surface area contributed by atoms with Crippen LogP contribution in [0.4, 0.5) is 4.39 Å². The lowest BCUT2D eigenvalue weighted by Gasteiger charge is -2.27. The Balaban J connectivity index is 2.12.